The van der Waals surface area contributed by atoms with Crippen molar-refractivity contribution < 1.29 is 0 Å². The molecule has 0 aromatic rings. The molecule has 0 aliphatic rings. The molecule has 0 nitrogen and oxygen atoms in total. The van der Waals surface area contributed by atoms with Gasteiger partial charge in [-0.25, -0.2) is 0 Å². The van der Waals surface area contributed by atoms with Crippen molar-refractivity contribution in [2.45, 2.75) is 34.6 Å². The van der Waals surface area contributed by atoms with E-state index < -0.39 is 0 Å². The highest BCUT2D eigenvalue weighted by molar-refractivity contribution is 5.37. The van der Waals surface area contributed by atoms with Gasteiger partial charge >= 0.3 is 0 Å². The third kappa shape index (κ3) is 8.87. The molecule has 78 valence electrons. The van der Waals surface area contributed by atoms with Gasteiger partial charge in [-0.05, 0) is 18.9 Å². The van der Waals surface area contributed by atoms with Crippen LogP contribution in [0.1, 0.15) is 34.6 Å². The first-order valence-electron chi connectivity index (χ1n) is 5.06. The molecule has 0 N–H and O–H groups in total. The smallest absolute Gasteiger partial charge is 0.0173 e. The van der Waals surface area contributed by atoms with Crippen LogP contribution in [0.3, 0.4) is 0 Å². The van der Waals surface area contributed by atoms with Crippen molar-refractivity contribution in [3.8, 4) is 11.8 Å². The van der Waals surface area contributed by atoms with Gasteiger partial charge in [0.05, 0.1) is 0 Å². The fraction of sp³-hybridized carbons (Fsp3) is 0.429. The maximum atomic E-state index is 3.91. The molecule has 0 aliphatic carbocycles. The predicted molar refractivity (Wildman–Crippen MR) is 67.1 cm³/mol. The van der Waals surface area contributed by atoms with Crippen LogP contribution in [0.15, 0.2) is 36.5 Å². The summed E-state index contributed by atoms with van der Waals surface area (Å²) in [5.74, 6) is 6.15. The topological polar surface area (TPSA) is 0 Å². The Morgan fingerprint density at radius 3 is 2.00 bits per heavy atom. The van der Waals surface area contributed by atoms with Crippen molar-refractivity contribution >= 4 is 0 Å². The average Bonchev–Trinajstić information content (AvgIpc) is 2.17. The summed E-state index contributed by atoms with van der Waals surface area (Å²) in [6.45, 7) is 17.7. The fourth-order valence-electron chi connectivity index (χ4n) is 0.602. The van der Waals surface area contributed by atoms with Crippen LogP contribution in [0, 0.1) is 17.8 Å². The molecule has 14 heavy (non-hydrogen) atoms. The van der Waals surface area contributed by atoms with Gasteiger partial charge in [0.1, 0.15) is 0 Å². The van der Waals surface area contributed by atoms with Crippen molar-refractivity contribution in [2.24, 2.45) is 5.92 Å². The van der Waals surface area contributed by atoms with Gasteiger partial charge in [0.2, 0.25) is 0 Å². The first-order valence-corrected chi connectivity index (χ1v) is 5.06. The Morgan fingerprint density at radius 1 is 1.14 bits per heavy atom. The Labute approximate surface area is 89.4 Å². The van der Waals surface area contributed by atoms with Gasteiger partial charge in [-0.1, -0.05) is 58.4 Å². The Hall–Kier alpha value is -1.22. The molecule has 0 aromatic heterocycles. The van der Waals surface area contributed by atoms with Crippen LogP contribution in [0.4, 0.5) is 0 Å². The van der Waals surface area contributed by atoms with Crippen LogP contribution in [0.2, 0.25) is 0 Å². The first kappa shape index (κ1) is 15.3. The van der Waals surface area contributed by atoms with E-state index in [2.05, 4.69) is 38.8 Å². The lowest BCUT2D eigenvalue weighted by atomic mass is 10.0. The molecule has 0 aromatic carbocycles. The number of hydrogen-bond donors (Lipinski definition) is 0. The summed E-state index contributed by atoms with van der Waals surface area (Å²) in [6.07, 6.45) is 3.87. The lowest BCUT2D eigenvalue weighted by Gasteiger charge is -2.01. The van der Waals surface area contributed by atoms with E-state index in [1.807, 2.05) is 26.0 Å². The Bertz CT molecular complexity index is 253. The Balaban J connectivity index is 0. The van der Waals surface area contributed by atoms with Gasteiger partial charge in [-0.15, -0.1) is 5.92 Å². The summed E-state index contributed by atoms with van der Waals surface area (Å²) in [7, 11) is 0. The summed E-state index contributed by atoms with van der Waals surface area (Å²) >= 11 is 0. The molecule has 0 saturated carbocycles. The van der Waals surface area contributed by atoms with Gasteiger partial charge in [0.15, 0.2) is 0 Å². The molecule has 0 heteroatoms. The second-order valence-electron chi connectivity index (χ2n) is 2.96. The van der Waals surface area contributed by atoms with Crippen LogP contribution in [0.25, 0.3) is 0 Å². The summed E-state index contributed by atoms with van der Waals surface area (Å²) in [6, 6.07) is 0. The van der Waals surface area contributed by atoms with Crippen molar-refractivity contribution in [1.82, 2.24) is 0 Å². The van der Waals surface area contributed by atoms with Gasteiger partial charge < -0.3 is 0 Å². The maximum Gasteiger partial charge on any atom is 0.0173 e. The van der Waals surface area contributed by atoms with Crippen LogP contribution < -0.4 is 0 Å². The Kier molecular flexibility index (Phi) is 10.8. The molecule has 0 radical (unpaired) electrons. The van der Waals surface area contributed by atoms with Crippen molar-refractivity contribution in [1.29, 1.82) is 0 Å². The minimum absolute atomic E-state index is 0.489. The van der Waals surface area contributed by atoms with Gasteiger partial charge in [-0.2, -0.15) is 0 Å². The molecular formula is C14H22. The van der Waals surface area contributed by atoms with Crippen molar-refractivity contribution in [2.75, 3.05) is 0 Å². The molecule has 0 heterocycles. The summed E-state index contributed by atoms with van der Waals surface area (Å²) < 4.78 is 0. The monoisotopic (exact) mass is 190 g/mol. The fourth-order valence-corrected chi connectivity index (χ4v) is 0.602. The molecule has 0 fully saturated rings. The van der Waals surface area contributed by atoms with E-state index in [1.54, 1.807) is 6.92 Å². The van der Waals surface area contributed by atoms with Crippen molar-refractivity contribution in [3.63, 3.8) is 0 Å². The SMILES string of the molecule is C=C(C#CC)/C=C\C(=C)C(C)C.CC. The molecule has 0 amide bonds. The van der Waals surface area contributed by atoms with E-state index >= 15 is 0 Å². The minimum atomic E-state index is 0.489. The standard InChI is InChI=1S/C12H16.C2H6/c1-6-7-11(4)8-9-12(5)10(2)3;1-2/h8-10H,4-5H2,1-3H3;1-2H3/b9-8-;. The molecule has 0 aliphatic heterocycles. The normalized spacial score (nSPS) is 8.71. The number of allylic oxidation sites excluding steroid dienone is 4. The highest BCUT2D eigenvalue weighted by Crippen LogP contribution is 2.08. The minimum Gasteiger partial charge on any atom is -0.101 e. The predicted octanol–water partition coefficient (Wildman–Crippen LogP) is 4.36. The highest BCUT2D eigenvalue weighted by Gasteiger charge is 1.93. The van der Waals surface area contributed by atoms with E-state index in [0.29, 0.717) is 5.92 Å². The zero-order chi connectivity index (χ0) is 11.6. The van der Waals surface area contributed by atoms with E-state index in [-0.39, 0.29) is 0 Å². The molecule has 0 bridgehead atoms. The third-order valence-corrected chi connectivity index (χ3v) is 1.53. The Morgan fingerprint density at radius 2 is 1.64 bits per heavy atom. The molecule has 0 atom stereocenters. The second kappa shape index (κ2) is 9.86. The summed E-state index contributed by atoms with van der Waals surface area (Å²) in [5, 5.41) is 0. The molecular weight excluding hydrogens is 168 g/mol. The zero-order valence-electron chi connectivity index (χ0n) is 10.1. The van der Waals surface area contributed by atoms with Crippen LogP contribution >= 0.6 is 0 Å². The largest absolute Gasteiger partial charge is 0.101 e. The molecule has 0 unspecified atom stereocenters. The molecule has 0 saturated heterocycles. The van der Waals surface area contributed by atoms with E-state index in [0.717, 1.165) is 11.1 Å². The van der Waals surface area contributed by atoms with E-state index in [1.165, 1.54) is 0 Å². The lowest BCUT2D eigenvalue weighted by molar-refractivity contribution is 0.795. The maximum absolute atomic E-state index is 3.91. The average molecular weight is 190 g/mol. The first-order chi connectivity index (χ1) is 6.57. The quantitative estimate of drug-likeness (QED) is 0.458. The van der Waals surface area contributed by atoms with Crippen LogP contribution in [-0.2, 0) is 0 Å². The lowest BCUT2D eigenvalue weighted by Crippen LogP contribution is -1.87. The number of hydrogen-bond acceptors (Lipinski definition) is 0. The van der Waals surface area contributed by atoms with Crippen molar-refractivity contribution in [3.05, 3.63) is 36.5 Å². The number of rotatable bonds is 3. The third-order valence-electron chi connectivity index (χ3n) is 1.53. The van der Waals surface area contributed by atoms with Crippen LogP contribution in [-0.4, -0.2) is 0 Å². The van der Waals surface area contributed by atoms with Gasteiger partial charge in [0, 0.05) is 5.57 Å². The van der Waals surface area contributed by atoms with Gasteiger partial charge in [-0.3, -0.25) is 0 Å². The van der Waals surface area contributed by atoms with E-state index in [9.17, 15) is 0 Å². The van der Waals surface area contributed by atoms with E-state index in [4.69, 9.17) is 0 Å². The summed E-state index contributed by atoms with van der Waals surface area (Å²) in [4.78, 5) is 0. The van der Waals surface area contributed by atoms with Gasteiger partial charge in [0.25, 0.3) is 0 Å². The molecule has 0 rings (SSSR count). The second-order valence-corrected chi connectivity index (χ2v) is 2.96. The highest BCUT2D eigenvalue weighted by atomic mass is 14.0. The van der Waals surface area contributed by atoms with Crippen LogP contribution in [0.5, 0.6) is 0 Å². The molecule has 0 spiro atoms. The summed E-state index contributed by atoms with van der Waals surface area (Å²) in [5.41, 5.74) is 1.94. The zero-order valence-corrected chi connectivity index (χ0v) is 10.1.